The fraction of sp³-hybridized carbons (Fsp3) is 0.836. The first-order valence-corrected chi connectivity index (χ1v) is 29.2. The highest BCUT2D eigenvalue weighted by atomic mass is 16.6. The fourth-order valence-corrected chi connectivity index (χ4v) is 8.68. The van der Waals surface area contributed by atoms with E-state index < -0.39 is 6.10 Å². The average molecular weight is 926 g/mol. The second-order valence-electron chi connectivity index (χ2n) is 19.7. The third-order valence-electron chi connectivity index (χ3n) is 13.1. The molecule has 0 rings (SSSR count). The van der Waals surface area contributed by atoms with Crippen molar-refractivity contribution in [3.63, 3.8) is 0 Å². The van der Waals surface area contributed by atoms with Gasteiger partial charge in [0.25, 0.3) is 0 Å². The van der Waals surface area contributed by atoms with Gasteiger partial charge in [-0.1, -0.05) is 268 Å². The summed E-state index contributed by atoms with van der Waals surface area (Å²) in [4.78, 5) is 24.5. The molecule has 0 bridgehead atoms. The van der Waals surface area contributed by atoms with Gasteiger partial charge in [-0.15, -0.1) is 0 Å². The van der Waals surface area contributed by atoms with Crippen LogP contribution in [0.1, 0.15) is 309 Å². The lowest BCUT2D eigenvalue weighted by Gasteiger charge is -2.15. The maximum Gasteiger partial charge on any atom is 0.306 e. The summed E-state index contributed by atoms with van der Waals surface area (Å²) in [7, 11) is 0. The summed E-state index contributed by atoms with van der Waals surface area (Å²) in [6, 6.07) is 0. The van der Waals surface area contributed by atoms with Gasteiger partial charge in [-0.05, 0) is 77.0 Å². The van der Waals surface area contributed by atoms with Crippen LogP contribution in [0, 0.1) is 0 Å². The molecule has 0 aromatic carbocycles. The molecule has 0 amide bonds. The lowest BCUT2D eigenvalue weighted by Crippen LogP contribution is -2.28. The van der Waals surface area contributed by atoms with Crippen molar-refractivity contribution < 1.29 is 24.2 Å². The van der Waals surface area contributed by atoms with Gasteiger partial charge in [0.15, 0.2) is 6.10 Å². The number of carbonyl (C=O) groups excluding carboxylic acids is 2. The molecule has 0 aliphatic rings. The number of ether oxygens (including phenoxy) is 2. The molecule has 0 heterocycles. The van der Waals surface area contributed by atoms with Crippen molar-refractivity contribution in [1.82, 2.24) is 0 Å². The van der Waals surface area contributed by atoms with Crippen LogP contribution in [0.2, 0.25) is 0 Å². The smallest absolute Gasteiger partial charge is 0.306 e. The van der Waals surface area contributed by atoms with Gasteiger partial charge in [0.2, 0.25) is 0 Å². The molecule has 5 nitrogen and oxygen atoms in total. The van der Waals surface area contributed by atoms with E-state index >= 15 is 0 Å². The van der Waals surface area contributed by atoms with Crippen LogP contribution in [0.3, 0.4) is 0 Å². The molecule has 1 unspecified atom stereocenters. The van der Waals surface area contributed by atoms with Crippen LogP contribution in [0.25, 0.3) is 0 Å². The molecule has 0 aromatic rings. The van der Waals surface area contributed by atoms with E-state index in [4.69, 9.17) is 9.47 Å². The Morgan fingerprint density at radius 3 is 0.924 bits per heavy atom. The van der Waals surface area contributed by atoms with Gasteiger partial charge in [-0.3, -0.25) is 9.59 Å². The Labute approximate surface area is 411 Å². The molecule has 0 fully saturated rings. The maximum absolute atomic E-state index is 12.3. The van der Waals surface area contributed by atoms with Gasteiger partial charge in [0.05, 0.1) is 6.61 Å². The van der Waals surface area contributed by atoms with Crippen LogP contribution in [-0.2, 0) is 19.1 Å². The molecule has 0 aliphatic carbocycles. The van der Waals surface area contributed by atoms with Crippen LogP contribution in [0.4, 0.5) is 0 Å². The number of hydrogen-bond acceptors (Lipinski definition) is 5. The number of aliphatic hydroxyl groups is 1. The topological polar surface area (TPSA) is 72.8 Å². The molecular formula is C61H112O5. The lowest BCUT2D eigenvalue weighted by atomic mass is 10.0. The number of aliphatic hydroxyl groups excluding tert-OH is 1. The highest BCUT2D eigenvalue weighted by Gasteiger charge is 2.16. The van der Waals surface area contributed by atoms with Crippen molar-refractivity contribution in [2.75, 3.05) is 13.2 Å². The molecule has 0 aliphatic heterocycles. The molecule has 0 saturated heterocycles. The number of hydrogen-bond donors (Lipinski definition) is 1. The molecule has 0 saturated carbocycles. The molecule has 5 heteroatoms. The van der Waals surface area contributed by atoms with E-state index in [1.165, 1.54) is 231 Å². The second kappa shape index (κ2) is 57.2. The van der Waals surface area contributed by atoms with Gasteiger partial charge in [0.1, 0.15) is 6.61 Å². The lowest BCUT2D eigenvalue weighted by molar-refractivity contribution is -0.161. The van der Waals surface area contributed by atoms with Crippen molar-refractivity contribution in [3.8, 4) is 0 Å². The summed E-state index contributed by atoms with van der Waals surface area (Å²) in [5.41, 5.74) is 0. The van der Waals surface area contributed by atoms with E-state index in [1.54, 1.807) is 0 Å². The number of allylic oxidation sites excluding steroid dienone is 8. The largest absolute Gasteiger partial charge is 0.462 e. The summed E-state index contributed by atoms with van der Waals surface area (Å²) in [5, 5.41) is 9.66. The minimum Gasteiger partial charge on any atom is -0.462 e. The third kappa shape index (κ3) is 54.5. The third-order valence-corrected chi connectivity index (χ3v) is 13.1. The summed E-state index contributed by atoms with van der Waals surface area (Å²) >= 11 is 0. The van der Waals surface area contributed by atoms with Crippen molar-refractivity contribution >= 4 is 11.9 Å². The normalized spacial score (nSPS) is 12.5. The number of esters is 2. The van der Waals surface area contributed by atoms with Gasteiger partial charge in [-0.2, -0.15) is 0 Å². The Bertz CT molecular complexity index is 1090. The Kier molecular flexibility index (Phi) is 55.3. The van der Waals surface area contributed by atoms with Crippen molar-refractivity contribution in [3.05, 3.63) is 48.6 Å². The standard InChI is InChI=1S/C61H112O5/c1-3-5-7-9-11-13-15-17-19-21-23-25-27-29-30-32-33-35-37-39-41-43-45-47-49-51-53-55-60(63)65-58-59(57-62)66-61(64)56-54-52-50-48-46-44-42-40-38-36-34-31-28-26-24-22-20-18-16-14-12-10-8-6-4-2/h16,18,21-24,28,31,59,62H,3-15,17,19-20,25-27,29-30,32-58H2,1-2H3/b18-16-,23-21-,24-22-,31-28-. The molecule has 386 valence electrons. The summed E-state index contributed by atoms with van der Waals surface area (Å²) in [5.74, 6) is -0.582. The predicted molar refractivity (Wildman–Crippen MR) is 288 cm³/mol. The first kappa shape index (κ1) is 63.9. The number of carbonyl (C=O) groups is 2. The molecule has 0 spiro atoms. The van der Waals surface area contributed by atoms with E-state index in [9.17, 15) is 14.7 Å². The van der Waals surface area contributed by atoms with Crippen LogP contribution in [0.5, 0.6) is 0 Å². The van der Waals surface area contributed by atoms with E-state index in [2.05, 4.69) is 62.5 Å². The van der Waals surface area contributed by atoms with Crippen LogP contribution < -0.4 is 0 Å². The zero-order valence-electron chi connectivity index (χ0n) is 44.2. The van der Waals surface area contributed by atoms with Crippen molar-refractivity contribution in [2.45, 2.75) is 315 Å². The zero-order chi connectivity index (χ0) is 47.7. The van der Waals surface area contributed by atoms with E-state index in [-0.39, 0.29) is 25.2 Å². The summed E-state index contributed by atoms with van der Waals surface area (Å²) in [6.07, 6.45) is 75.2. The van der Waals surface area contributed by atoms with Crippen molar-refractivity contribution in [1.29, 1.82) is 0 Å². The average Bonchev–Trinajstić information content (AvgIpc) is 3.32. The van der Waals surface area contributed by atoms with Crippen LogP contribution >= 0.6 is 0 Å². The highest BCUT2D eigenvalue weighted by molar-refractivity contribution is 5.70. The van der Waals surface area contributed by atoms with Crippen molar-refractivity contribution in [2.24, 2.45) is 0 Å². The minimum absolute atomic E-state index is 0.0651. The number of unbranched alkanes of at least 4 members (excludes halogenated alkanes) is 38. The molecule has 1 N–H and O–H groups in total. The first-order valence-electron chi connectivity index (χ1n) is 29.2. The van der Waals surface area contributed by atoms with Gasteiger partial charge < -0.3 is 14.6 Å². The minimum atomic E-state index is -0.775. The number of rotatable bonds is 54. The van der Waals surface area contributed by atoms with E-state index in [0.29, 0.717) is 12.8 Å². The van der Waals surface area contributed by atoms with Gasteiger partial charge >= 0.3 is 11.9 Å². The Hall–Kier alpha value is -2.14. The fourth-order valence-electron chi connectivity index (χ4n) is 8.68. The van der Waals surface area contributed by atoms with Crippen LogP contribution in [-0.4, -0.2) is 36.4 Å². The molecule has 0 aromatic heterocycles. The SMILES string of the molecule is CCCCCCC/C=C\C/C=C\C/C=C\CCCCCCCCCCCCC(=O)OC(CO)COC(=O)CCCCCCCCCCCCCCCCC/C=C\CCCCCCCCCC. The molecular weight excluding hydrogens is 813 g/mol. The first-order chi connectivity index (χ1) is 32.6. The molecule has 0 radical (unpaired) electrons. The molecule has 66 heavy (non-hydrogen) atoms. The van der Waals surface area contributed by atoms with E-state index in [0.717, 1.165) is 51.4 Å². The highest BCUT2D eigenvalue weighted by Crippen LogP contribution is 2.17. The zero-order valence-corrected chi connectivity index (χ0v) is 44.2. The van der Waals surface area contributed by atoms with Crippen LogP contribution in [0.15, 0.2) is 48.6 Å². The van der Waals surface area contributed by atoms with Gasteiger partial charge in [-0.25, -0.2) is 0 Å². The Morgan fingerprint density at radius 1 is 0.348 bits per heavy atom. The van der Waals surface area contributed by atoms with E-state index in [1.807, 2.05) is 0 Å². The predicted octanol–water partition coefficient (Wildman–Crippen LogP) is 19.6. The Morgan fingerprint density at radius 2 is 0.606 bits per heavy atom. The second-order valence-corrected chi connectivity index (χ2v) is 19.7. The summed E-state index contributed by atoms with van der Waals surface area (Å²) < 4.78 is 10.7. The quantitative estimate of drug-likeness (QED) is 0.0374. The monoisotopic (exact) mass is 925 g/mol. The Balaban J connectivity index is 3.46. The van der Waals surface area contributed by atoms with Gasteiger partial charge in [0, 0.05) is 12.8 Å². The molecule has 1 atom stereocenters. The summed E-state index contributed by atoms with van der Waals surface area (Å²) in [6.45, 7) is 4.16. The maximum atomic E-state index is 12.3.